The Morgan fingerprint density at radius 2 is 1.00 bits per heavy atom. The van der Waals surface area contributed by atoms with E-state index in [1.54, 1.807) is 0 Å². The van der Waals surface area contributed by atoms with Gasteiger partial charge in [0.15, 0.2) is 0 Å². The van der Waals surface area contributed by atoms with Gasteiger partial charge in [-0.1, -0.05) is 112 Å². The predicted molar refractivity (Wildman–Crippen MR) is 306 cm³/mol. The van der Waals surface area contributed by atoms with Crippen LogP contribution in [0.5, 0.6) is 0 Å². The molecule has 0 bridgehead atoms. The van der Waals surface area contributed by atoms with Crippen LogP contribution in [0.3, 0.4) is 0 Å². The van der Waals surface area contributed by atoms with E-state index in [1.165, 1.54) is 135 Å². The van der Waals surface area contributed by atoms with Gasteiger partial charge in [-0.2, -0.15) is 0 Å². The summed E-state index contributed by atoms with van der Waals surface area (Å²) in [4.78, 5) is 5.25. The zero-order chi connectivity index (χ0) is 46.3. The molecule has 8 aromatic carbocycles. The van der Waals surface area contributed by atoms with Crippen LogP contribution in [-0.2, 0) is 5.41 Å². The van der Waals surface area contributed by atoms with Crippen LogP contribution in [-0.4, -0.2) is 6.71 Å². The number of hydrogen-bond acceptors (Lipinski definition) is 6. The molecular weight excluding hydrogens is 912 g/mol. The lowest BCUT2D eigenvalue weighted by atomic mass is 9.36. The largest absolute Gasteiger partial charge is 0.311 e. The molecule has 2 aliphatic heterocycles. The third-order valence-electron chi connectivity index (χ3n) is 14.6. The van der Waals surface area contributed by atoms with Crippen molar-refractivity contribution in [3.63, 3.8) is 0 Å². The van der Waals surface area contributed by atoms with E-state index in [0.29, 0.717) is 0 Å². The lowest BCUT2D eigenvalue weighted by molar-refractivity contribution is 0.591. The third kappa shape index (κ3) is 6.27. The molecule has 2 nitrogen and oxygen atoms in total. The molecule has 0 unspecified atom stereocenters. The summed E-state index contributed by atoms with van der Waals surface area (Å²) in [6, 6.07) is 62.3. The van der Waals surface area contributed by atoms with Crippen LogP contribution in [0.15, 0.2) is 180 Å². The molecule has 0 fully saturated rings. The average molecular weight is 957 g/mol. The van der Waals surface area contributed by atoms with Crippen LogP contribution in [0.1, 0.15) is 37.5 Å². The minimum absolute atomic E-state index is 0.00557. The van der Waals surface area contributed by atoms with E-state index in [4.69, 9.17) is 0 Å². The smallest absolute Gasteiger partial charge is 0.264 e. The Hall–Kier alpha value is -6.74. The zero-order valence-corrected chi connectivity index (χ0v) is 42.2. The molecule has 12 aromatic rings. The Morgan fingerprint density at radius 1 is 0.435 bits per heavy atom. The summed E-state index contributed by atoms with van der Waals surface area (Å²) < 4.78 is 6.67. The first kappa shape index (κ1) is 41.3. The highest BCUT2D eigenvalue weighted by Crippen LogP contribution is 2.51. The predicted octanol–water partition coefficient (Wildman–Crippen LogP) is 17.5. The fourth-order valence-electron chi connectivity index (χ4n) is 11.4. The molecule has 2 aliphatic rings. The number of benzene rings is 8. The maximum absolute atomic E-state index is 2.67. The Kier molecular flexibility index (Phi) is 9.20. The van der Waals surface area contributed by atoms with Gasteiger partial charge in [-0.25, -0.2) is 0 Å². The van der Waals surface area contributed by atoms with Crippen molar-refractivity contribution in [2.24, 2.45) is 0 Å². The van der Waals surface area contributed by atoms with E-state index in [9.17, 15) is 0 Å². The van der Waals surface area contributed by atoms with Gasteiger partial charge < -0.3 is 9.80 Å². The van der Waals surface area contributed by atoms with Crippen LogP contribution in [0.4, 0.5) is 34.1 Å². The van der Waals surface area contributed by atoms with E-state index in [0.717, 1.165) is 5.69 Å². The zero-order valence-electron chi connectivity index (χ0n) is 38.9. The van der Waals surface area contributed by atoms with Crippen molar-refractivity contribution in [1.82, 2.24) is 0 Å². The van der Waals surface area contributed by atoms with Gasteiger partial charge in [0.25, 0.3) is 6.71 Å². The second-order valence-electron chi connectivity index (χ2n) is 19.8. The van der Waals surface area contributed by atoms with E-state index in [2.05, 4.69) is 224 Å². The van der Waals surface area contributed by atoms with Crippen molar-refractivity contribution in [3.05, 3.63) is 197 Å². The standard InChI is InChI=1S/C62H45BN2S4/c1-36-28-40(49-35-68-56-23-11-8-18-45(49)56)29-37(2)59(36)65-52-20-13-19-51-58(52)63(61-60(65)46-32-41(62(3,4)5)25-27-57(46)69-61)50-26-24-39(48-34-67-55-22-10-7-17-44(48)55)31-53(50)64(51)42-15-12-14-38(30-42)47-33-66-54-21-9-6-16-43(47)54/h6-35H,1-5H3. The van der Waals surface area contributed by atoms with E-state index in [-0.39, 0.29) is 12.1 Å². The summed E-state index contributed by atoms with van der Waals surface area (Å²) in [6.07, 6.45) is 0. The monoisotopic (exact) mass is 956 g/mol. The van der Waals surface area contributed by atoms with Crippen LogP contribution in [0.2, 0.25) is 0 Å². The number of aryl methyl sites for hydroxylation is 2. The van der Waals surface area contributed by atoms with Crippen LogP contribution >= 0.6 is 45.3 Å². The van der Waals surface area contributed by atoms with Gasteiger partial charge in [-0.15, -0.1) is 45.3 Å². The van der Waals surface area contributed by atoms with Crippen molar-refractivity contribution >= 4 is 142 Å². The number of thiophene rings is 4. The van der Waals surface area contributed by atoms with Crippen molar-refractivity contribution < 1.29 is 0 Å². The third-order valence-corrected chi connectivity index (χ3v) is 18.8. The molecular formula is C62H45BN2S4. The molecule has 0 aliphatic carbocycles. The van der Waals surface area contributed by atoms with Crippen molar-refractivity contribution in [1.29, 1.82) is 0 Å². The average Bonchev–Trinajstić information content (AvgIpc) is 4.18. The maximum Gasteiger partial charge on any atom is 0.264 e. The topological polar surface area (TPSA) is 6.48 Å². The van der Waals surface area contributed by atoms with Gasteiger partial charge in [0, 0.05) is 84.6 Å². The normalized spacial score (nSPS) is 13.2. The summed E-state index contributed by atoms with van der Waals surface area (Å²) in [7, 11) is 0. The number of hydrogen-bond donors (Lipinski definition) is 0. The van der Waals surface area contributed by atoms with Gasteiger partial charge in [-0.05, 0) is 153 Å². The van der Waals surface area contributed by atoms with Crippen molar-refractivity contribution in [3.8, 4) is 33.4 Å². The van der Waals surface area contributed by atoms with Gasteiger partial charge in [0.2, 0.25) is 0 Å². The molecule has 330 valence electrons. The molecule has 0 amide bonds. The lowest BCUT2D eigenvalue weighted by Gasteiger charge is -2.44. The Labute approximate surface area is 419 Å². The highest BCUT2D eigenvalue weighted by Gasteiger charge is 2.46. The lowest BCUT2D eigenvalue weighted by Crippen LogP contribution is -2.60. The van der Waals surface area contributed by atoms with Gasteiger partial charge in [-0.3, -0.25) is 0 Å². The van der Waals surface area contributed by atoms with Crippen LogP contribution in [0, 0.1) is 13.8 Å². The van der Waals surface area contributed by atoms with E-state index in [1.807, 2.05) is 45.3 Å². The molecule has 0 spiro atoms. The molecule has 0 N–H and O–H groups in total. The minimum Gasteiger partial charge on any atom is -0.311 e. The molecule has 14 rings (SSSR count). The second-order valence-corrected chi connectivity index (χ2v) is 23.6. The van der Waals surface area contributed by atoms with Gasteiger partial charge >= 0.3 is 0 Å². The quantitative estimate of drug-likeness (QED) is 0.159. The van der Waals surface area contributed by atoms with Crippen LogP contribution < -0.4 is 25.5 Å². The molecule has 6 heterocycles. The first-order chi connectivity index (χ1) is 33.7. The molecule has 0 saturated heterocycles. The second kappa shape index (κ2) is 15.4. The summed E-state index contributed by atoms with van der Waals surface area (Å²) >= 11 is 7.46. The number of fused-ring (bicyclic) bond motifs is 9. The number of rotatable bonds is 5. The summed E-state index contributed by atoms with van der Waals surface area (Å²) in [5, 5.41) is 12.3. The van der Waals surface area contributed by atoms with Crippen molar-refractivity contribution in [2.75, 3.05) is 9.80 Å². The Morgan fingerprint density at radius 3 is 1.62 bits per heavy atom. The first-order valence-electron chi connectivity index (χ1n) is 23.7. The summed E-state index contributed by atoms with van der Waals surface area (Å²) in [5.74, 6) is 0. The van der Waals surface area contributed by atoms with Crippen LogP contribution in [0.25, 0.3) is 73.7 Å². The maximum atomic E-state index is 2.67. The summed E-state index contributed by atoms with van der Waals surface area (Å²) in [5.41, 5.74) is 21.6. The molecule has 0 saturated carbocycles. The highest BCUT2D eigenvalue weighted by molar-refractivity contribution is 7.33. The molecule has 0 atom stereocenters. The number of anilines is 6. The van der Waals surface area contributed by atoms with E-state index < -0.39 is 0 Å². The van der Waals surface area contributed by atoms with E-state index >= 15 is 0 Å². The van der Waals surface area contributed by atoms with Gasteiger partial charge in [0.1, 0.15) is 0 Å². The Bertz CT molecular complexity index is 4060. The SMILES string of the molecule is Cc1cc(-c2csc3ccccc23)cc(C)c1N1c2cccc3c2B(c2ccc(-c4csc5ccccc45)cc2N3c2cccc(-c3csc4ccccc34)c2)c2sc3ccc(C(C)(C)C)cc3c21. The minimum atomic E-state index is -0.00557. The molecule has 0 radical (unpaired) electrons. The molecule has 7 heteroatoms. The number of nitrogens with zero attached hydrogens (tertiary/aromatic N) is 2. The fourth-order valence-corrected chi connectivity index (χ4v) is 15.7. The highest BCUT2D eigenvalue weighted by atomic mass is 32.1. The summed E-state index contributed by atoms with van der Waals surface area (Å²) in [6.45, 7) is 11.7. The fraction of sp³-hybridized carbons (Fsp3) is 0.0968. The Balaban J connectivity index is 1.04. The molecule has 69 heavy (non-hydrogen) atoms. The van der Waals surface area contributed by atoms with Crippen molar-refractivity contribution in [2.45, 2.75) is 40.0 Å². The van der Waals surface area contributed by atoms with Gasteiger partial charge in [0.05, 0.1) is 11.4 Å². The molecule has 4 aromatic heterocycles. The first-order valence-corrected chi connectivity index (χ1v) is 27.2.